The first kappa shape index (κ1) is 34.3. The summed E-state index contributed by atoms with van der Waals surface area (Å²) in [5.74, 6) is -11.3. The quantitative estimate of drug-likeness (QED) is 0.135. The zero-order valence-corrected chi connectivity index (χ0v) is 25.3. The minimum atomic E-state index is -4.66. The molecule has 0 bridgehead atoms. The summed E-state index contributed by atoms with van der Waals surface area (Å²) in [6, 6.07) is 8.94. The largest absolute Gasteiger partial charge is 0.432 e. The summed E-state index contributed by atoms with van der Waals surface area (Å²) >= 11 is 0. The number of rotatable bonds is 10. The van der Waals surface area contributed by atoms with Gasteiger partial charge in [0.05, 0.1) is 13.2 Å². The van der Waals surface area contributed by atoms with E-state index in [-0.39, 0.29) is 40.9 Å². The van der Waals surface area contributed by atoms with Gasteiger partial charge >= 0.3 is 12.1 Å². The highest BCUT2D eigenvalue weighted by Crippen LogP contribution is 2.41. The summed E-state index contributed by atoms with van der Waals surface area (Å²) in [6.45, 7) is 4.29. The minimum absolute atomic E-state index is 0.0959. The molecule has 0 spiro atoms. The van der Waals surface area contributed by atoms with Crippen LogP contribution in [0, 0.1) is 40.3 Å². The monoisotopic (exact) mass is 666 g/mol. The Kier molecular flexibility index (Phi) is 9.68. The molecule has 250 valence electrons. The van der Waals surface area contributed by atoms with Crippen LogP contribution in [0.2, 0.25) is 0 Å². The second-order valence-corrected chi connectivity index (χ2v) is 11.8. The van der Waals surface area contributed by atoms with Crippen molar-refractivity contribution in [3.63, 3.8) is 0 Å². The van der Waals surface area contributed by atoms with E-state index in [2.05, 4.69) is 11.7 Å². The Labute approximate surface area is 265 Å². The SMILES string of the molecule is CCCCCC1(C)COC(O)(c2ccc(-c3cc(F)c(C(F)(F)Oc4ccc(-c5ccc(F)c(F)c5)c(F)c4)c(F)c3)c(F)c2)OC1. The average Bonchev–Trinajstić information content (AvgIpc) is 3.00. The third-order valence-electron chi connectivity index (χ3n) is 8.01. The van der Waals surface area contributed by atoms with Crippen molar-refractivity contribution in [1.82, 2.24) is 0 Å². The van der Waals surface area contributed by atoms with E-state index in [4.69, 9.17) is 9.47 Å². The molecule has 4 aromatic carbocycles. The first-order valence-electron chi connectivity index (χ1n) is 14.8. The number of alkyl halides is 2. The van der Waals surface area contributed by atoms with E-state index < -0.39 is 63.9 Å². The molecule has 47 heavy (non-hydrogen) atoms. The fourth-order valence-electron chi connectivity index (χ4n) is 5.35. The zero-order valence-electron chi connectivity index (χ0n) is 25.3. The molecule has 1 fully saturated rings. The topological polar surface area (TPSA) is 47.9 Å². The van der Waals surface area contributed by atoms with E-state index in [0.717, 1.165) is 62.1 Å². The van der Waals surface area contributed by atoms with Gasteiger partial charge in [-0.15, -0.1) is 0 Å². The lowest BCUT2D eigenvalue weighted by atomic mass is 9.85. The van der Waals surface area contributed by atoms with Crippen LogP contribution in [0.1, 0.15) is 50.7 Å². The maximum Gasteiger partial charge on any atom is 0.432 e. The second-order valence-electron chi connectivity index (χ2n) is 11.8. The molecule has 1 N–H and O–H groups in total. The first-order valence-corrected chi connectivity index (χ1v) is 14.8. The van der Waals surface area contributed by atoms with Crippen LogP contribution in [0.3, 0.4) is 0 Å². The van der Waals surface area contributed by atoms with Crippen LogP contribution in [-0.4, -0.2) is 18.3 Å². The molecule has 4 nitrogen and oxygen atoms in total. The predicted molar refractivity (Wildman–Crippen MR) is 156 cm³/mol. The first-order chi connectivity index (χ1) is 22.1. The van der Waals surface area contributed by atoms with Gasteiger partial charge < -0.3 is 19.3 Å². The maximum atomic E-state index is 15.2. The number of halogens is 8. The molecule has 12 heteroatoms. The van der Waals surface area contributed by atoms with E-state index in [1.807, 2.05) is 6.92 Å². The van der Waals surface area contributed by atoms with Crippen molar-refractivity contribution in [1.29, 1.82) is 0 Å². The van der Waals surface area contributed by atoms with Gasteiger partial charge in [0.2, 0.25) is 0 Å². The van der Waals surface area contributed by atoms with Crippen molar-refractivity contribution in [3.05, 3.63) is 113 Å². The van der Waals surface area contributed by atoms with Crippen molar-refractivity contribution in [3.8, 4) is 28.0 Å². The standard InChI is InChI=1S/C35H30F8O4/c1-3-4-5-12-33(2)18-45-35(44,46-19-33)22-7-9-25(27(37)16-22)21-14-30(40)32(31(41)15-21)34(42,43)47-23-8-10-24(28(38)17-23)20-6-11-26(36)29(39)13-20/h6-11,13-17,44H,3-5,12,18-19H2,1-2H3. The van der Waals surface area contributed by atoms with E-state index in [0.29, 0.717) is 24.3 Å². The third kappa shape index (κ3) is 7.29. The number of hydrogen-bond acceptors (Lipinski definition) is 4. The summed E-state index contributed by atoms with van der Waals surface area (Å²) in [5, 5.41) is 10.9. The lowest BCUT2D eigenvalue weighted by molar-refractivity contribution is -0.415. The number of hydrogen-bond donors (Lipinski definition) is 1. The van der Waals surface area contributed by atoms with Gasteiger partial charge in [0.25, 0.3) is 0 Å². The molecular formula is C35H30F8O4. The van der Waals surface area contributed by atoms with Gasteiger partial charge in [-0.05, 0) is 60.0 Å². The van der Waals surface area contributed by atoms with Crippen LogP contribution in [0.25, 0.3) is 22.3 Å². The summed E-state index contributed by atoms with van der Waals surface area (Å²) < 4.78 is 132. The summed E-state index contributed by atoms with van der Waals surface area (Å²) in [7, 11) is 0. The van der Waals surface area contributed by atoms with Gasteiger partial charge in [-0.2, -0.15) is 8.78 Å². The normalized spacial score (nSPS) is 20.0. The van der Waals surface area contributed by atoms with E-state index in [9.17, 15) is 18.3 Å². The average molecular weight is 667 g/mol. The molecule has 0 atom stereocenters. The van der Waals surface area contributed by atoms with Crippen LogP contribution < -0.4 is 4.74 Å². The van der Waals surface area contributed by atoms with Crippen molar-refractivity contribution in [2.24, 2.45) is 5.41 Å². The van der Waals surface area contributed by atoms with Gasteiger partial charge in [0.15, 0.2) is 11.6 Å². The molecule has 5 rings (SSSR count). The molecule has 0 radical (unpaired) electrons. The smallest absolute Gasteiger partial charge is 0.429 e. The molecule has 0 amide bonds. The molecule has 1 aliphatic heterocycles. The Morgan fingerprint density at radius 3 is 1.89 bits per heavy atom. The number of aliphatic hydroxyl groups is 1. The predicted octanol–water partition coefficient (Wildman–Crippen LogP) is 9.72. The molecular weight excluding hydrogens is 636 g/mol. The summed E-state index contributed by atoms with van der Waals surface area (Å²) in [4.78, 5) is 0. The van der Waals surface area contributed by atoms with Crippen LogP contribution in [0.5, 0.6) is 5.75 Å². The molecule has 1 saturated heterocycles. The van der Waals surface area contributed by atoms with Crippen molar-refractivity contribution in [2.75, 3.05) is 13.2 Å². The van der Waals surface area contributed by atoms with Crippen LogP contribution in [-0.2, 0) is 21.6 Å². The molecule has 4 aromatic rings. The molecule has 0 unspecified atom stereocenters. The van der Waals surface area contributed by atoms with Gasteiger partial charge in [-0.3, -0.25) is 0 Å². The molecule has 0 saturated carbocycles. The van der Waals surface area contributed by atoms with Gasteiger partial charge in [-0.25, -0.2) is 26.3 Å². The highest BCUT2D eigenvalue weighted by atomic mass is 19.3. The number of ether oxygens (including phenoxy) is 3. The highest BCUT2D eigenvalue weighted by molar-refractivity contribution is 5.66. The van der Waals surface area contributed by atoms with Crippen LogP contribution >= 0.6 is 0 Å². The van der Waals surface area contributed by atoms with Crippen molar-refractivity contribution in [2.45, 2.75) is 51.6 Å². The zero-order chi connectivity index (χ0) is 34.1. The van der Waals surface area contributed by atoms with Gasteiger partial charge in [-0.1, -0.05) is 51.3 Å². The Bertz CT molecular complexity index is 1750. The Morgan fingerprint density at radius 1 is 0.702 bits per heavy atom. The number of unbranched alkanes of at least 4 members (excludes halogenated alkanes) is 2. The van der Waals surface area contributed by atoms with Crippen molar-refractivity contribution >= 4 is 0 Å². The van der Waals surface area contributed by atoms with Crippen LogP contribution in [0.4, 0.5) is 35.1 Å². The van der Waals surface area contributed by atoms with E-state index in [1.165, 1.54) is 6.07 Å². The fraction of sp³-hybridized carbons (Fsp3) is 0.314. The molecule has 1 heterocycles. The maximum absolute atomic E-state index is 15.2. The fourth-order valence-corrected chi connectivity index (χ4v) is 5.35. The third-order valence-corrected chi connectivity index (χ3v) is 8.01. The summed E-state index contributed by atoms with van der Waals surface area (Å²) in [6.07, 6.45) is -0.864. The molecule has 0 aromatic heterocycles. The Hall–Kier alpha value is -4.00. The molecule has 0 aliphatic carbocycles. The summed E-state index contributed by atoms with van der Waals surface area (Å²) in [5.41, 5.74) is -3.47. The van der Waals surface area contributed by atoms with Crippen molar-refractivity contribution < 1.29 is 54.4 Å². The van der Waals surface area contributed by atoms with E-state index in [1.54, 1.807) is 0 Å². The van der Waals surface area contributed by atoms with Gasteiger partial charge in [0.1, 0.15) is 34.6 Å². The lowest BCUT2D eigenvalue weighted by Crippen LogP contribution is -2.46. The Morgan fingerprint density at radius 2 is 1.30 bits per heavy atom. The minimum Gasteiger partial charge on any atom is -0.429 e. The highest BCUT2D eigenvalue weighted by Gasteiger charge is 2.44. The van der Waals surface area contributed by atoms with E-state index >= 15 is 22.0 Å². The lowest BCUT2D eigenvalue weighted by Gasteiger charge is -2.42. The number of benzene rings is 4. The van der Waals surface area contributed by atoms with Crippen LogP contribution in [0.15, 0.2) is 66.7 Å². The Balaban J connectivity index is 1.33. The second kappa shape index (κ2) is 13.2. The van der Waals surface area contributed by atoms with Gasteiger partial charge in [0, 0.05) is 28.2 Å². The molecule has 1 aliphatic rings.